The maximum absolute atomic E-state index is 12.0. The summed E-state index contributed by atoms with van der Waals surface area (Å²) >= 11 is 6.02. The highest BCUT2D eigenvalue weighted by Crippen LogP contribution is 2.30. The second-order valence-corrected chi connectivity index (χ2v) is 5.48. The monoisotopic (exact) mass is 319 g/mol. The average molecular weight is 320 g/mol. The van der Waals surface area contributed by atoms with Gasteiger partial charge in [-0.2, -0.15) is 4.98 Å². The van der Waals surface area contributed by atoms with Crippen LogP contribution in [0.2, 0.25) is 5.02 Å². The molecule has 0 saturated heterocycles. The minimum Gasteiger partial charge on any atom is -0.431 e. The Bertz CT molecular complexity index is 710. The van der Waals surface area contributed by atoms with Crippen molar-refractivity contribution < 1.29 is 14.0 Å². The fraction of sp³-hybridized carbons (Fsp3) is 0.267. The van der Waals surface area contributed by atoms with Crippen molar-refractivity contribution in [3.8, 4) is 0 Å². The lowest BCUT2D eigenvalue weighted by atomic mass is 10.2. The first-order valence-electron chi connectivity index (χ1n) is 6.91. The first kappa shape index (κ1) is 14.6. The minimum atomic E-state index is -0.393. The second kappa shape index (κ2) is 6.19. The van der Waals surface area contributed by atoms with Gasteiger partial charge in [-0.15, -0.1) is 0 Å². The van der Waals surface area contributed by atoms with Gasteiger partial charge in [-0.3, -0.25) is 14.9 Å². The molecule has 1 fully saturated rings. The summed E-state index contributed by atoms with van der Waals surface area (Å²) in [7, 11) is 0. The summed E-state index contributed by atoms with van der Waals surface area (Å²) < 4.78 is 5.08. The molecule has 114 valence electrons. The Hall–Kier alpha value is -2.34. The van der Waals surface area contributed by atoms with Gasteiger partial charge < -0.3 is 9.73 Å². The number of benzene rings is 1. The van der Waals surface area contributed by atoms with E-state index in [0.29, 0.717) is 5.02 Å². The molecule has 7 heteroatoms. The van der Waals surface area contributed by atoms with Crippen LogP contribution in [0.25, 0.3) is 0 Å². The fourth-order valence-electron chi connectivity index (χ4n) is 1.90. The van der Waals surface area contributed by atoms with Crippen molar-refractivity contribution >= 4 is 29.4 Å². The molecule has 1 aliphatic carbocycles. The number of oxazole rings is 1. The Balaban J connectivity index is 1.57. The molecule has 1 aromatic heterocycles. The fourth-order valence-corrected chi connectivity index (χ4v) is 2.10. The molecule has 0 spiro atoms. The van der Waals surface area contributed by atoms with Gasteiger partial charge in [0.15, 0.2) is 5.69 Å². The summed E-state index contributed by atoms with van der Waals surface area (Å²) in [6.45, 7) is 0.287. The van der Waals surface area contributed by atoms with E-state index in [1.165, 1.54) is 6.26 Å². The van der Waals surface area contributed by atoms with Crippen molar-refractivity contribution in [3.63, 3.8) is 0 Å². The van der Waals surface area contributed by atoms with Crippen LogP contribution >= 0.6 is 11.6 Å². The zero-order chi connectivity index (χ0) is 15.5. The average Bonchev–Trinajstić information content (AvgIpc) is 3.26. The number of hydrogen-bond acceptors (Lipinski definition) is 4. The van der Waals surface area contributed by atoms with E-state index in [4.69, 9.17) is 16.0 Å². The molecule has 0 atom stereocenters. The van der Waals surface area contributed by atoms with E-state index >= 15 is 0 Å². The van der Waals surface area contributed by atoms with Crippen LogP contribution in [0.5, 0.6) is 0 Å². The molecule has 6 nitrogen and oxygen atoms in total. The first-order chi connectivity index (χ1) is 10.6. The number of nitrogens with zero attached hydrogens (tertiary/aromatic N) is 1. The van der Waals surface area contributed by atoms with E-state index < -0.39 is 5.91 Å². The lowest BCUT2D eigenvalue weighted by molar-refractivity contribution is -0.117. The topological polar surface area (TPSA) is 84.2 Å². The molecule has 22 heavy (non-hydrogen) atoms. The first-order valence-corrected chi connectivity index (χ1v) is 7.29. The maximum Gasteiger partial charge on any atom is 0.302 e. The van der Waals surface area contributed by atoms with Crippen LogP contribution in [0.1, 0.15) is 28.9 Å². The Morgan fingerprint density at radius 1 is 1.32 bits per heavy atom. The third-order valence-corrected chi connectivity index (χ3v) is 3.68. The van der Waals surface area contributed by atoms with Crippen molar-refractivity contribution in [1.82, 2.24) is 10.3 Å². The Morgan fingerprint density at radius 2 is 2.09 bits per heavy atom. The van der Waals surface area contributed by atoms with E-state index in [9.17, 15) is 9.59 Å². The van der Waals surface area contributed by atoms with Gasteiger partial charge in [0.2, 0.25) is 5.91 Å². The third-order valence-electron chi connectivity index (χ3n) is 3.31. The predicted octanol–water partition coefficient (Wildman–Crippen LogP) is 2.61. The SMILES string of the molecule is O=C(NCc1ccccc1Cl)c1coc(NC(=O)C2CC2)n1. The predicted molar refractivity (Wildman–Crippen MR) is 80.5 cm³/mol. The molecule has 1 saturated carbocycles. The number of carbonyl (C=O) groups excluding carboxylic acids is 2. The van der Waals surface area contributed by atoms with Gasteiger partial charge in [0.1, 0.15) is 6.26 Å². The third kappa shape index (κ3) is 3.46. The molecule has 1 heterocycles. The van der Waals surface area contributed by atoms with E-state index in [1.807, 2.05) is 18.2 Å². The number of halogens is 1. The van der Waals surface area contributed by atoms with Gasteiger partial charge in [0.05, 0.1) is 0 Å². The summed E-state index contributed by atoms with van der Waals surface area (Å²) in [6.07, 6.45) is 2.99. The normalized spacial score (nSPS) is 13.7. The number of nitrogens with one attached hydrogen (secondary N) is 2. The van der Waals surface area contributed by atoms with E-state index in [1.54, 1.807) is 6.07 Å². The van der Waals surface area contributed by atoms with E-state index in [0.717, 1.165) is 18.4 Å². The second-order valence-electron chi connectivity index (χ2n) is 5.08. The Morgan fingerprint density at radius 3 is 2.82 bits per heavy atom. The number of rotatable bonds is 5. The maximum atomic E-state index is 12.0. The highest BCUT2D eigenvalue weighted by molar-refractivity contribution is 6.31. The molecule has 1 aliphatic rings. The summed E-state index contributed by atoms with van der Waals surface area (Å²) in [5, 5.41) is 5.83. The van der Waals surface area contributed by atoms with Crippen LogP contribution in [0.4, 0.5) is 6.01 Å². The number of anilines is 1. The number of carbonyl (C=O) groups is 2. The zero-order valence-electron chi connectivity index (χ0n) is 11.6. The van der Waals surface area contributed by atoms with Crippen molar-refractivity contribution in [1.29, 1.82) is 0 Å². The Kier molecular flexibility index (Phi) is 4.11. The molecule has 2 N–H and O–H groups in total. The van der Waals surface area contributed by atoms with Crippen LogP contribution in [-0.2, 0) is 11.3 Å². The summed E-state index contributed by atoms with van der Waals surface area (Å²) in [5.41, 5.74) is 0.918. The molecular formula is C15H14ClN3O3. The molecule has 2 aromatic rings. The van der Waals surface area contributed by atoms with Crippen LogP contribution < -0.4 is 10.6 Å². The minimum absolute atomic E-state index is 0.0415. The van der Waals surface area contributed by atoms with Crippen molar-refractivity contribution in [3.05, 3.63) is 46.8 Å². The van der Waals surface area contributed by atoms with Crippen LogP contribution in [0.15, 0.2) is 34.9 Å². The molecular weight excluding hydrogens is 306 g/mol. The zero-order valence-corrected chi connectivity index (χ0v) is 12.4. The highest BCUT2D eigenvalue weighted by Gasteiger charge is 2.30. The summed E-state index contributed by atoms with van der Waals surface area (Å²) in [6, 6.07) is 7.28. The lowest BCUT2D eigenvalue weighted by Crippen LogP contribution is -2.23. The lowest BCUT2D eigenvalue weighted by Gasteiger charge is -2.04. The number of aromatic nitrogens is 1. The van der Waals surface area contributed by atoms with Crippen molar-refractivity contribution in [2.45, 2.75) is 19.4 Å². The van der Waals surface area contributed by atoms with Gasteiger partial charge in [-0.05, 0) is 24.5 Å². The number of hydrogen-bond donors (Lipinski definition) is 2. The van der Waals surface area contributed by atoms with Crippen LogP contribution in [0, 0.1) is 5.92 Å². The Labute approximate surface area is 131 Å². The standard InChI is InChI=1S/C15H14ClN3O3/c16-11-4-2-1-3-10(11)7-17-14(21)12-8-22-15(18-12)19-13(20)9-5-6-9/h1-4,8-9H,5-7H2,(H,17,21)(H,18,19,20). The quantitative estimate of drug-likeness (QED) is 0.887. The summed E-state index contributed by atoms with van der Waals surface area (Å²) in [5.74, 6) is -0.468. The van der Waals surface area contributed by atoms with Gasteiger partial charge in [-0.1, -0.05) is 29.8 Å². The molecule has 0 radical (unpaired) electrons. The van der Waals surface area contributed by atoms with Crippen LogP contribution in [0.3, 0.4) is 0 Å². The number of amides is 2. The largest absolute Gasteiger partial charge is 0.431 e. The summed E-state index contributed by atoms with van der Waals surface area (Å²) in [4.78, 5) is 27.5. The molecule has 3 rings (SSSR count). The molecule has 1 aromatic carbocycles. The molecule has 2 amide bonds. The molecule has 0 aliphatic heterocycles. The van der Waals surface area contributed by atoms with Crippen LogP contribution in [-0.4, -0.2) is 16.8 Å². The van der Waals surface area contributed by atoms with Gasteiger partial charge in [0, 0.05) is 17.5 Å². The van der Waals surface area contributed by atoms with Crippen molar-refractivity contribution in [2.24, 2.45) is 5.92 Å². The van der Waals surface area contributed by atoms with Gasteiger partial charge >= 0.3 is 6.01 Å². The van der Waals surface area contributed by atoms with Gasteiger partial charge in [0.25, 0.3) is 5.91 Å². The van der Waals surface area contributed by atoms with Gasteiger partial charge in [-0.25, -0.2) is 0 Å². The molecule has 0 bridgehead atoms. The van der Waals surface area contributed by atoms with Crippen molar-refractivity contribution in [2.75, 3.05) is 5.32 Å². The highest BCUT2D eigenvalue weighted by atomic mass is 35.5. The van der Waals surface area contributed by atoms with E-state index in [2.05, 4.69) is 15.6 Å². The molecule has 0 unspecified atom stereocenters. The van der Waals surface area contributed by atoms with E-state index in [-0.39, 0.29) is 30.1 Å². The smallest absolute Gasteiger partial charge is 0.302 e.